The number of hydrogen-bond donors (Lipinski definition) is 4. The zero-order valence-corrected chi connectivity index (χ0v) is 6.92. The van der Waals surface area contributed by atoms with Gasteiger partial charge >= 0.3 is 0 Å². The van der Waals surface area contributed by atoms with Crippen molar-refractivity contribution in [1.29, 1.82) is 0 Å². The van der Waals surface area contributed by atoms with Gasteiger partial charge in [-0.25, -0.2) is 0 Å². The second-order valence-electron chi connectivity index (χ2n) is 3.12. The Bertz CT molecular complexity index is 150. The van der Waals surface area contributed by atoms with E-state index >= 15 is 0 Å². The molecular formula is C7H15NO4. The summed E-state index contributed by atoms with van der Waals surface area (Å²) in [7, 11) is 0. The largest absolute Gasteiger partial charge is 0.394 e. The van der Waals surface area contributed by atoms with E-state index in [1.807, 2.05) is 0 Å². The summed E-state index contributed by atoms with van der Waals surface area (Å²) in [5, 5.41) is 27.4. The first-order valence-corrected chi connectivity index (χ1v) is 3.96. The molecule has 0 saturated carbocycles. The van der Waals surface area contributed by atoms with Crippen molar-refractivity contribution in [2.24, 2.45) is 5.73 Å². The molecule has 0 aromatic carbocycles. The van der Waals surface area contributed by atoms with Gasteiger partial charge in [-0.1, -0.05) is 0 Å². The van der Waals surface area contributed by atoms with E-state index in [0.717, 1.165) is 0 Å². The van der Waals surface area contributed by atoms with Gasteiger partial charge in [0.2, 0.25) is 0 Å². The highest BCUT2D eigenvalue weighted by Gasteiger charge is 2.40. The van der Waals surface area contributed by atoms with Crippen LogP contribution in [0.1, 0.15) is 6.92 Å². The minimum absolute atomic E-state index is 0.310. The fourth-order valence-electron chi connectivity index (χ4n) is 1.32. The Morgan fingerprint density at radius 1 is 1.33 bits per heavy atom. The molecule has 1 heterocycles. The predicted molar refractivity (Wildman–Crippen MR) is 41.4 cm³/mol. The Labute approximate surface area is 70.8 Å². The van der Waals surface area contributed by atoms with E-state index in [1.165, 1.54) is 0 Å². The number of aliphatic hydroxyl groups excluding tert-OH is 3. The van der Waals surface area contributed by atoms with Crippen LogP contribution < -0.4 is 5.73 Å². The molecule has 0 spiro atoms. The van der Waals surface area contributed by atoms with Gasteiger partial charge in [0.05, 0.1) is 18.8 Å². The third kappa shape index (κ3) is 1.60. The average molecular weight is 177 g/mol. The molecule has 0 amide bonds. The molecule has 1 saturated heterocycles. The Morgan fingerprint density at radius 3 is 2.42 bits per heavy atom. The fourth-order valence-corrected chi connectivity index (χ4v) is 1.32. The summed E-state index contributed by atoms with van der Waals surface area (Å²) in [5.41, 5.74) is 5.51. The molecule has 5 heteroatoms. The van der Waals surface area contributed by atoms with Crippen molar-refractivity contribution in [3.05, 3.63) is 0 Å². The number of hydrogen-bond acceptors (Lipinski definition) is 5. The average Bonchev–Trinajstić information content (AvgIpc) is 2.08. The van der Waals surface area contributed by atoms with Crippen LogP contribution in [0.5, 0.6) is 0 Å². The Hall–Kier alpha value is -0.200. The van der Waals surface area contributed by atoms with Gasteiger partial charge in [-0.15, -0.1) is 0 Å². The normalized spacial score (nSPS) is 49.2. The second kappa shape index (κ2) is 3.68. The summed E-state index contributed by atoms with van der Waals surface area (Å²) >= 11 is 0. The molecule has 12 heavy (non-hydrogen) atoms. The maximum atomic E-state index is 9.35. The van der Waals surface area contributed by atoms with E-state index < -0.39 is 24.4 Å². The first kappa shape index (κ1) is 9.88. The molecule has 0 aliphatic carbocycles. The number of rotatable bonds is 1. The van der Waals surface area contributed by atoms with Gasteiger partial charge in [0.25, 0.3) is 0 Å². The predicted octanol–water partition coefficient (Wildman–Crippen LogP) is -2.18. The summed E-state index contributed by atoms with van der Waals surface area (Å²) < 4.78 is 5.15. The number of aliphatic hydroxyl groups is 3. The van der Waals surface area contributed by atoms with Gasteiger partial charge in [0.1, 0.15) is 18.3 Å². The third-order valence-electron chi connectivity index (χ3n) is 2.24. The van der Waals surface area contributed by atoms with E-state index in [0.29, 0.717) is 0 Å². The Balaban J connectivity index is 2.63. The van der Waals surface area contributed by atoms with Gasteiger partial charge in [0.15, 0.2) is 0 Å². The zero-order valence-electron chi connectivity index (χ0n) is 6.92. The van der Waals surface area contributed by atoms with Crippen LogP contribution in [0.4, 0.5) is 0 Å². The highest BCUT2D eigenvalue weighted by molar-refractivity contribution is 4.92. The van der Waals surface area contributed by atoms with Gasteiger partial charge in [-0.3, -0.25) is 0 Å². The second-order valence-corrected chi connectivity index (χ2v) is 3.12. The van der Waals surface area contributed by atoms with E-state index in [2.05, 4.69) is 0 Å². The standard InChI is InChI=1S/C7H15NO4/c1-3-5(8)7(11)6(10)4(2-9)12-3/h3-7,9-11H,2,8H2,1H3/t3-,4+,5-,6+,7+/m0/s1. The molecule has 1 aliphatic rings. The zero-order chi connectivity index (χ0) is 9.30. The van der Waals surface area contributed by atoms with Crippen LogP contribution in [-0.2, 0) is 4.74 Å². The number of ether oxygens (including phenoxy) is 1. The van der Waals surface area contributed by atoms with Crippen LogP contribution in [0.3, 0.4) is 0 Å². The molecule has 0 unspecified atom stereocenters. The third-order valence-corrected chi connectivity index (χ3v) is 2.24. The van der Waals surface area contributed by atoms with Crippen molar-refractivity contribution in [1.82, 2.24) is 0 Å². The van der Waals surface area contributed by atoms with Crippen LogP contribution in [-0.4, -0.2) is 52.4 Å². The maximum absolute atomic E-state index is 9.35. The molecule has 5 N–H and O–H groups in total. The van der Waals surface area contributed by atoms with Crippen molar-refractivity contribution in [3.63, 3.8) is 0 Å². The lowest BCUT2D eigenvalue weighted by Crippen LogP contribution is -2.60. The molecular weight excluding hydrogens is 162 g/mol. The van der Waals surface area contributed by atoms with E-state index in [-0.39, 0.29) is 12.7 Å². The smallest absolute Gasteiger partial charge is 0.110 e. The molecule has 0 aromatic rings. The summed E-state index contributed by atoms with van der Waals surface area (Å²) in [6.45, 7) is 1.39. The van der Waals surface area contributed by atoms with Crippen LogP contribution in [0.15, 0.2) is 0 Å². The molecule has 0 bridgehead atoms. The van der Waals surface area contributed by atoms with E-state index in [9.17, 15) is 10.2 Å². The minimum atomic E-state index is -1.10. The van der Waals surface area contributed by atoms with Crippen molar-refractivity contribution in [2.45, 2.75) is 37.4 Å². The van der Waals surface area contributed by atoms with Crippen LogP contribution in [0.25, 0.3) is 0 Å². The molecule has 72 valence electrons. The molecule has 0 radical (unpaired) electrons. The summed E-state index contributed by atoms with van der Waals surface area (Å²) in [6.07, 6.45) is -3.19. The van der Waals surface area contributed by atoms with Crippen LogP contribution >= 0.6 is 0 Å². The van der Waals surface area contributed by atoms with Crippen molar-refractivity contribution >= 4 is 0 Å². The van der Waals surface area contributed by atoms with Gasteiger partial charge in [0, 0.05) is 0 Å². The van der Waals surface area contributed by atoms with Gasteiger partial charge in [-0.05, 0) is 6.92 Å². The highest BCUT2D eigenvalue weighted by atomic mass is 16.5. The monoisotopic (exact) mass is 177 g/mol. The highest BCUT2D eigenvalue weighted by Crippen LogP contribution is 2.18. The van der Waals surface area contributed by atoms with Crippen LogP contribution in [0.2, 0.25) is 0 Å². The molecule has 5 nitrogen and oxygen atoms in total. The van der Waals surface area contributed by atoms with E-state index in [4.69, 9.17) is 15.6 Å². The lowest BCUT2D eigenvalue weighted by molar-refractivity contribution is -0.183. The lowest BCUT2D eigenvalue weighted by Gasteiger charge is -2.39. The lowest BCUT2D eigenvalue weighted by atomic mass is 9.94. The first-order valence-electron chi connectivity index (χ1n) is 3.96. The van der Waals surface area contributed by atoms with Crippen molar-refractivity contribution < 1.29 is 20.1 Å². The molecule has 1 fully saturated rings. The van der Waals surface area contributed by atoms with Gasteiger partial charge in [-0.2, -0.15) is 0 Å². The fraction of sp³-hybridized carbons (Fsp3) is 1.00. The molecule has 1 rings (SSSR count). The Morgan fingerprint density at radius 2 is 1.92 bits per heavy atom. The Kier molecular flexibility index (Phi) is 3.03. The van der Waals surface area contributed by atoms with E-state index in [1.54, 1.807) is 6.92 Å². The SMILES string of the molecule is C[C@@H]1O[C@H](CO)[C@@H](O)[C@H](O)[C@H]1N. The first-order chi connectivity index (χ1) is 5.57. The molecule has 1 aliphatic heterocycles. The molecule has 5 atom stereocenters. The van der Waals surface area contributed by atoms with Crippen molar-refractivity contribution in [2.75, 3.05) is 6.61 Å². The van der Waals surface area contributed by atoms with Gasteiger partial charge < -0.3 is 25.8 Å². The minimum Gasteiger partial charge on any atom is -0.394 e. The van der Waals surface area contributed by atoms with Crippen LogP contribution in [0, 0.1) is 0 Å². The summed E-state index contributed by atoms with van der Waals surface area (Å²) in [5.74, 6) is 0. The summed E-state index contributed by atoms with van der Waals surface area (Å²) in [6, 6.07) is -0.595. The maximum Gasteiger partial charge on any atom is 0.110 e. The topological polar surface area (TPSA) is 95.9 Å². The molecule has 0 aromatic heterocycles. The number of nitrogens with two attached hydrogens (primary N) is 1. The summed E-state index contributed by atoms with van der Waals surface area (Å²) in [4.78, 5) is 0. The van der Waals surface area contributed by atoms with Crippen molar-refractivity contribution in [3.8, 4) is 0 Å². The quantitative estimate of drug-likeness (QED) is 0.365.